The van der Waals surface area contributed by atoms with Crippen LogP contribution < -0.4 is 4.90 Å². The van der Waals surface area contributed by atoms with E-state index in [2.05, 4.69) is 76.8 Å². The van der Waals surface area contributed by atoms with Crippen molar-refractivity contribution in [3.05, 3.63) is 59.7 Å². The van der Waals surface area contributed by atoms with Crippen molar-refractivity contribution >= 4 is 11.5 Å². The molecule has 0 radical (unpaired) electrons. The largest absolute Gasteiger partial charge is 0.356 e. The Morgan fingerprint density at radius 3 is 2.83 bits per heavy atom. The molecule has 158 valence electrons. The molecular weight excluding hydrogens is 372 g/mol. The van der Waals surface area contributed by atoms with Crippen LogP contribution >= 0.6 is 0 Å². The van der Waals surface area contributed by atoms with Gasteiger partial charge in [0.2, 0.25) is 0 Å². The first kappa shape index (κ1) is 19.5. The Morgan fingerprint density at radius 1 is 1.10 bits per heavy atom. The number of aryl methyl sites for hydroxylation is 1. The third-order valence-corrected chi connectivity index (χ3v) is 6.85. The van der Waals surface area contributed by atoms with Crippen LogP contribution in [-0.2, 0) is 13.0 Å². The summed E-state index contributed by atoms with van der Waals surface area (Å²) in [5.41, 5.74) is 4.81. The standard InChI is InChI=1S/C24H32N6/c1-27(2)20-12-14-29(17-20)23-11-5-10-22-26-19(16-30(22)23)15-28(3)21-9-4-7-18-8-6-13-25-24(18)21/h5-6,8,10-11,13,16,20-21H,4,7,9,12,14-15,17H2,1-3H3/t20-,21+/m1/s1. The third kappa shape index (κ3) is 3.59. The molecule has 2 atom stereocenters. The molecule has 1 aliphatic carbocycles. The molecule has 0 bridgehead atoms. The van der Waals surface area contributed by atoms with Gasteiger partial charge in [-0.2, -0.15) is 0 Å². The maximum atomic E-state index is 4.95. The fourth-order valence-corrected chi connectivity index (χ4v) is 5.13. The number of likely N-dealkylation sites (N-methyl/N-ethyl adjacent to an activating group) is 1. The third-order valence-electron chi connectivity index (χ3n) is 6.85. The molecule has 0 amide bonds. The minimum Gasteiger partial charge on any atom is -0.356 e. The van der Waals surface area contributed by atoms with E-state index in [1.54, 1.807) is 0 Å². The number of fused-ring (bicyclic) bond motifs is 2. The first-order valence-corrected chi connectivity index (χ1v) is 11.1. The van der Waals surface area contributed by atoms with Gasteiger partial charge in [0.25, 0.3) is 0 Å². The van der Waals surface area contributed by atoms with Crippen LogP contribution in [0.3, 0.4) is 0 Å². The van der Waals surface area contributed by atoms with E-state index < -0.39 is 0 Å². The van der Waals surface area contributed by atoms with Crippen molar-refractivity contribution in [3.63, 3.8) is 0 Å². The minimum atomic E-state index is 0.374. The van der Waals surface area contributed by atoms with Crippen LogP contribution in [0.15, 0.2) is 42.7 Å². The fourth-order valence-electron chi connectivity index (χ4n) is 5.13. The number of pyridine rings is 2. The minimum absolute atomic E-state index is 0.374. The number of hydrogen-bond acceptors (Lipinski definition) is 5. The van der Waals surface area contributed by atoms with Gasteiger partial charge in [-0.3, -0.25) is 14.3 Å². The molecule has 0 saturated carbocycles. The number of hydrogen-bond donors (Lipinski definition) is 0. The molecule has 1 fully saturated rings. The number of nitrogens with zero attached hydrogens (tertiary/aromatic N) is 6. The monoisotopic (exact) mass is 404 g/mol. The average Bonchev–Trinajstić information content (AvgIpc) is 3.40. The van der Waals surface area contributed by atoms with Crippen LogP contribution in [0.4, 0.5) is 5.82 Å². The Kier molecular flexibility index (Phi) is 5.21. The van der Waals surface area contributed by atoms with Crippen LogP contribution in [0.25, 0.3) is 5.65 Å². The molecule has 3 aromatic heterocycles. The zero-order valence-electron chi connectivity index (χ0n) is 18.3. The summed E-state index contributed by atoms with van der Waals surface area (Å²) in [6.45, 7) is 3.01. The predicted octanol–water partition coefficient (Wildman–Crippen LogP) is 3.38. The van der Waals surface area contributed by atoms with Crippen molar-refractivity contribution in [2.45, 2.75) is 44.3 Å². The molecule has 5 rings (SSSR count). The quantitative estimate of drug-likeness (QED) is 0.652. The van der Waals surface area contributed by atoms with Crippen molar-refractivity contribution < 1.29 is 0 Å². The molecule has 6 nitrogen and oxygen atoms in total. The zero-order valence-corrected chi connectivity index (χ0v) is 18.3. The average molecular weight is 405 g/mol. The highest BCUT2D eigenvalue weighted by molar-refractivity contribution is 5.53. The number of aromatic nitrogens is 3. The predicted molar refractivity (Wildman–Crippen MR) is 121 cm³/mol. The summed E-state index contributed by atoms with van der Waals surface area (Å²) in [5.74, 6) is 1.25. The van der Waals surface area contributed by atoms with Crippen molar-refractivity contribution in [1.82, 2.24) is 24.2 Å². The maximum Gasteiger partial charge on any atom is 0.138 e. The maximum absolute atomic E-state index is 4.95. The normalized spacial score (nSPS) is 21.7. The highest BCUT2D eigenvalue weighted by Crippen LogP contribution is 2.33. The Bertz CT molecular complexity index is 1030. The highest BCUT2D eigenvalue weighted by atomic mass is 15.3. The molecule has 2 aliphatic rings. The van der Waals surface area contributed by atoms with E-state index in [9.17, 15) is 0 Å². The van der Waals surface area contributed by atoms with E-state index in [0.717, 1.165) is 37.4 Å². The van der Waals surface area contributed by atoms with E-state index >= 15 is 0 Å². The zero-order chi connectivity index (χ0) is 20.7. The van der Waals surface area contributed by atoms with E-state index in [-0.39, 0.29) is 0 Å². The summed E-state index contributed by atoms with van der Waals surface area (Å²) in [6.07, 6.45) is 8.91. The van der Waals surface area contributed by atoms with E-state index in [1.165, 1.54) is 36.3 Å². The van der Waals surface area contributed by atoms with Gasteiger partial charge in [0, 0.05) is 38.1 Å². The summed E-state index contributed by atoms with van der Waals surface area (Å²) in [7, 11) is 6.57. The molecular formula is C24H32N6. The Labute approximate surface area is 179 Å². The first-order chi connectivity index (χ1) is 14.6. The Hall–Kier alpha value is -2.44. The lowest BCUT2D eigenvalue weighted by Gasteiger charge is -2.31. The molecule has 3 aromatic rings. The van der Waals surface area contributed by atoms with Gasteiger partial charge >= 0.3 is 0 Å². The molecule has 30 heavy (non-hydrogen) atoms. The molecule has 1 aliphatic heterocycles. The van der Waals surface area contributed by atoms with E-state index in [0.29, 0.717) is 12.1 Å². The lowest BCUT2D eigenvalue weighted by Crippen LogP contribution is -2.32. The fraction of sp³-hybridized carbons (Fsp3) is 0.500. The topological polar surface area (TPSA) is 39.9 Å². The summed E-state index contributed by atoms with van der Waals surface area (Å²) in [5, 5.41) is 0. The Morgan fingerprint density at radius 2 is 2.00 bits per heavy atom. The molecule has 0 N–H and O–H groups in total. The van der Waals surface area contributed by atoms with Gasteiger partial charge in [0.1, 0.15) is 11.5 Å². The van der Waals surface area contributed by atoms with Crippen LogP contribution in [0, 0.1) is 0 Å². The molecule has 6 heteroatoms. The van der Waals surface area contributed by atoms with Crippen molar-refractivity contribution in [3.8, 4) is 0 Å². The van der Waals surface area contributed by atoms with Gasteiger partial charge in [0.05, 0.1) is 17.4 Å². The molecule has 4 heterocycles. The molecule has 0 unspecified atom stereocenters. The molecule has 0 spiro atoms. The van der Waals surface area contributed by atoms with Gasteiger partial charge in [-0.25, -0.2) is 4.98 Å². The van der Waals surface area contributed by atoms with Gasteiger partial charge < -0.3 is 9.80 Å². The van der Waals surface area contributed by atoms with Gasteiger partial charge in [-0.05, 0) is 70.6 Å². The second kappa shape index (κ2) is 8.00. The lowest BCUT2D eigenvalue weighted by atomic mass is 9.91. The van der Waals surface area contributed by atoms with Crippen LogP contribution in [-0.4, -0.2) is 64.4 Å². The second-order valence-electron chi connectivity index (χ2n) is 9.07. The molecule has 0 aromatic carbocycles. The van der Waals surface area contributed by atoms with Gasteiger partial charge in [-0.15, -0.1) is 0 Å². The number of imidazole rings is 1. The summed E-state index contributed by atoms with van der Waals surface area (Å²) >= 11 is 0. The first-order valence-electron chi connectivity index (χ1n) is 11.1. The highest BCUT2D eigenvalue weighted by Gasteiger charge is 2.27. The van der Waals surface area contributed by atoms with Crippen molar-refractivity contribution in [1.29, 1.82) is 0 Å². The second-order valence-corrected chi connectivity index (χ2v) is 9.07. The van der Waals surface area contributed by atoms with Crippen molar-refractivity contribution in [2.75, 3.05) is 39.1 Å². The lowest BCUT2D eigenvalue weighted by molar-refractivity contribution is 0.206. The van der Waals surface area contributed by atoms with Crippen LogP contribution in [0.1, 0.15) is 42.3 Å². The van der Waals surface area contributed by atoms with E-state index in [4.69, 9.17) is 9.97 Å². The number of rotatable bonds is 5. The van der Waals surface area contributed by atoms with Crippen molar-refractivity contribution in [2.24, 2.45) is 0 Å². The SMILES string of the molecule is CN(C)[C@@H]1CCN(c2cccc3nc(CN(C)[C@H]4CCCc5cccnc54)cn23)C1. The smallest absolute Gasteiger partial charge is 0.138 e. The summed E-state index contributed by atoms with van der Waals surface area (Å²) < 4.78 is 2.27. The number of anilines is 1. The summed E-state index contributed by atoms with van der Waals surface area (Å²) in [6, 6.07) is 11.8. The van der Waals surface area contributed by atoms with Crippen LogP contribution in [0.2, 0.25) is 0 Å². The van der Waals surface area contributed by atoms with Crippen LogP contribution in [0.5, 0.6) is 0 Å². The van der Waals surface area contributed by atoms with Gasteiger partial charge in [-0.1, -0.05) is 12.1 Å². The van der Waals surface area contributed by atoms with Gasteiger partial charge in [0.15, 0.2) is 0 Å². The Balaban J connectivity index is 1.38. The summed E-state index contributed by atoms with van der Waals surface area (Å²) in [4.78, 5) is 16.9. The van der Waals surface area contributed by atoms with E-state index in [1.807, 2.05) is 6.20 Å². The molecule has 1 saturated heterocycles.